The van der Waals surface area contributed by atoms with Gasteiger partial charge in [-0.25, -0.2) is 4.79 Å². The molecule has 1 aromatic heterocycles. The lowest BCUT2D eigenvalue weighted by molar-refractivity contribution is -0.116. The van der Waals surface area contributed by atoms with Crippen molar-refractivity contribution in [2.24, 2.45) is 0 Å². The minimum absolute atomic E-state index is 0.141. The summed E-state index contributed by atoms with van der Waals surface area (Å²) in [5.74, 6) is -0.948. The number of fused-ring (bicyclic) bond motifs is 1. The largest absolute Gasteiger partial charge is 0.459 e. The van der Waals surface area contributed by atoms with Crippen molar-refractivity contribution in [2.45, 2.75) is 58.0 Å². The van der Waals surface area contributed by atoms with Gasteiger partial charge in [-0.2, -0.15) is 0 Å². The average Bonchev–Trinajstić information content (AvgIpc) is 2.95. The Morgan fingerprint density at radius 3 is 2.06 bits per heavy atom. The summed E-state index contributed by atoms with van der Waals surface area (Å²) >= 11 is 1.53. The summed E-state index contributed by atoms with van der Waals surface area (Å²) in [5.41, 5.74) is 3.44. The van der Waals surface area contributed by atoms with Crippen LogP contribution in [0.2, 0.25) is 0 Å². The van der Waals surface area contributed by atoms with Gasteiger partial charge in [0.1, 0.15) is 5.00 Å². The highest BCUT2D eigenvalue weighted by Crippen LogP contribution is 2.39. The molecule has 0 saturated carbocycles. The first-order valence-corrected chi connectivity index (χ1v) is 12.1. The third kappa shape index (κ3) is 4.94. The van der Waals surface area contributed by atoms with Crippen molar-refractivity contribution in [3.05, 3.63) is 87.8 Å². The fourth-order valence-electron chi connectivity index (χ4n) is 4.29. The Hall–Kier alpha value is -2.92. The van der Waals surface area contributed by atoms with Gasteiger partial charge in [-0.15, -0.1) is 11.3 Å². The molecule has 0 radical (unpaired) electrons. The molecule has 0 spiro atoms. The number of anilines is 1. The molecule has 0 unspecified atom stereocenters. The van der Waals surface area contributed by atoms with Gasteiger partial charge in [-0.1, -0.05) is 67.1 Å². The van der Waals surface area contributed by atoms with Gasteiger partial charge in [0.2, 0.25) is 5.91 Å². The molecule has 3 aromatic rings. The third-order valence-electron chi connectivity index (χ3n) is 5.73. The quantitative estimate of drug-likeness (QED) is 0.354. The van der Waals surface area contributed by atoms with Crippen LogP contribution < -0.4 is 5.32 Å². The van der Waals surface area contributed by atoms with E-state index in [2.05, 4.69) is 5.32 Å². The first-order valence-electron chi connectivity index (χ1n) is 11.3. The highest BCUT2D eigenvalue weighted by atomic mass is 32.1. The second-order valence-electron chi connectivity index (χ2n) is 8.47. The van der Waals surface area contributed by atoms with Crippen molar-refractivity contribution in [3.8, 4) is 0 Å². The molecule has 0 saturated heterocycles. The molecule has 32 heavy (non-hydrogen) atoms. The van der Waals surface area contributed by atoms with E-state index in [9.17, 15) is 9.59 Å². The number of carbonyl (C=O) groups excluding carboxylic acids is 2. The van der Waals surface area contributed by atoms with Gasteiger partial charge in [0.05, 0.1) is 17.6 Å². The Morgan fingerprint density at radius 1 is 0.875 bits per heavy atom. The number of ether oxygens (including phenoxy) is 1. The van der Waals surface area contributed by atoms with E-state index in [0.717, 1.165) is 48.8 Å². The van der Waals surface area contributed by atoms with E-state index in [4.69, 9.17) is 4.74 Å². The van der Waals surface area contributed by atoms with Crippen molar-refractivity contribution in [2.75, 3.05) is 5.32 Å². The molecule has 4 rings (SSSR count). The van der Waals surface area contributed by atoms with Crippen molar-refractivity contribution >= 4 is 28.2 Å². The third-order valence-corrected chi connectivity index (χ3v) is 6.94. The number of aryl methyl sites for hydroxylation is 1. The molecule has 1 amide bonds. The van der Waals surface area contributed by atoms with Gasteiger partial charge in [-0.3, -0.25) is 4.79 Å². The number of rotatable bonds is 6. The zero-order valence-corrected chi connectivity index (χ0v) is 19.4. The normalized spacial score (nSPS) is 13.5. The van der Waals surface area contributed by atoms with Crippen LogP contribution >= 0.6 is 11.3 Å². The van der Waals surface area contributed by atoms with Crippen LogP contribution in [0, 0.1) is 0 Å². The molecule has 1 aliphatic carbocycles. The molecular weight excluding hydrogens is 418 g/mol. The van der Waals surface area contributed by atoms with Crippen molar-refractivity contribution in [1.29, 1.82) is 0 Å². The molecule has 166 valence electrons. The SMILES string of the molecule is CC(C)OC(=O)c1c(NC(=O)C(c2ccccc2)c2ccccc2)sc2c1CCCCC2. The maximum Gasteiger partial charge on any atom is 0.341 e. The predicted octanol–water partition coefficient (Wildman–Crippen LogP) is 6.35. The number of esters is 1. The second kappa shape index (κ2) is 10.1. The van der Waals surface area contributed by atoms with Crippen molar-refractivity contribution in [3.63, 3.8) is 0 Å². The van der Waals surface area contributed by atoms with Crippen LogP contribution in [0.1, 0.15) is 71.0 Å². The minimum Gasteiger partial charge on any atom is -0.459 e. The Balaban J connectivity index is 1.72. The molecule has 1 N–H and O–H groups in total. The van der Waals surface area contributed by atoms with Gasteiger partial charge < -0.3 is 10.1 Å². The van der Waals surface area contributed by atoms with Gasteiger partial charge >= 0.3 is 5.97 Å². The van der Waals surface area contributed by atoms with Gasteiger partial charge in [0.15, 0.2) is 0 Å². The number of hydrogen-bond acceptors (Lipinski definition) is 4. The molecule has 1 aliphatic rings. The van der Waals surface area contributed by atoms with E-state index in [1.165, 1.54) is 16.2 Å². The van der Waals surface area contributed by atoms with Crippen LogP contribution in [0.3, 0.4) is 0 Å². The van der Waals surface area contributed by atoms with E-state index < -0.39 is 5.92 Å². The predicted molar refractivity (Wildman–Crippen MR) is 129 cm³/mol. The Labute approximate surface area is 193 Å². The monoisotopic (exact) mass is 447 g/mol. The first-order chi connectivity index (χ1) is 15.5. The maximum absolute atomic E-state index is 13.6. The van der Waals surface area contributed by atoms with E-state index in [0.29, 0.717) is 10.6 Å². The Morgan fingerprint density at radius 2 is 1.47 bits per heavy atom. The van der Waals surface area contributed by atoms with E-state index >= 15 is 0 Å². The maximum atomic E-state index is 13.6. The number of carbonyl (C=O) groups is 2. The zero-order chi connectivity index (χ0) is 22.5. The molecule has 0 atom stereocenters. The van der Waals surface area contributed by atoms with Crippen LogP contribution in [-0.2, 0) is 22.4 Å². The van der Waals surface area contributed by atoms with Crippen LogP contribution in [0.5, 0.6) is 0 Å². The minimum atomic E-state index is -0.465. The van der Waals surface area contributed by atoms with E-state index in [1.54, 1.807) is 0 Å². The van der Waals surface area contributed by atoms with E-state index in [1.807, 2.05) is 74.5 Å². The number of nitrogens with one attached hydrogen (secondary N) is 1. The summed E-state index contributed by atoms with van der Waals surface area (Å²) < 4.78 is 5.57. The number of benzene rings is 2. The van der Waals surface area contributed by atoms with Gasteiger partial charge in [0.25, 0.3) is 0 Å². The molecule has 2 aromatic carbocycles. The summed E-state index contributed by atoms with van der Waals surface area (Å²) in [6, 6.07) is 19.5. The van der Waals surface area contributed by atoms with Crippen LogP contribution in [0.25, 0.3) is 0 Å². The van der Waals surface area contributed by atoms with Crippen LogP contribution in [0.15, 0.2) is 60.7 Å². The molecule has 1 heterocycles. The smallest absolute Gasteiger partial charge is 0.341 e. The highest BCUT2D eigenvalue weighted by molar-refractivity contribution is 7.17. The first kappa shape index (κ1) is 22.3. The molecule has 0 aliphatic heterocycles. The average molecular weight is 448 g/mol. The summed E-state index contributed by atoms with van der Waals surface area (Å²) in [6.45, 7) is 3.70. The number of thiophene rings is 1. The Bertz CT molecular complexity index is 1030. The van der Waals surface area contributed by atoms with E-state index in [-0.39, 0.29) is 18.0 Å². The van der Waals surface area contributed by atoms with Crippen LogP contribution in [-0.4, -0.2) is 18.0 Å². The zero-order valence-electron chi connectivity index (χ0n) is 18.6. The van der Waals surface area contributed by atoms with Crippen molar-refractivity contribution in [1.82, 2.24) is 0 Å². The van der Waals surface area contributed by atoms with Gasteiger partial charge in [0, 0.05) is 4.88 Å². The summed E-state index contributed by atoms with van der Waals surface area (Å²) in [6.07, 6.45) is 4.90. The van der Waals surface area contributed by atoms with Gasteiger partial charge in [-0.05, 0) is 56.2 Å². The second-order valence-corrected chi connectivity index (χ2v) is 9.57. The molecule has 4 nitrogen and oxygen atoms in total. The topological polar surface area (TPSA) is 55.4 Å². The summed E-state index contributed by atoms with van der Waals surface area (Å²) in [5, 5.41) is 3.73. The summed E-state index contributed by atoms with van der Waals surface area (Å²) in [4.78, 5) is 27.9. The van der Waals surface area contributed by atoms with Crippen molar-refractivity contribution < 1.29 is 14.3 Å². The molecule has 5 heteroatoms. The fraction of sp³-hybridized carbons (Fsp3) is 0.333. The highest BCUT2D eigenvalue weighted by Gasteiger charge is 2.30. The number of hydrogen-bond donors (Lipinski definition) is 1. The Kier molecular flexibility index (Phi) is 7.05. The fourth-order valence-corrected chi connectivity index (χ4v) is 5.57. The molecular formula is C27H29NO3S. The molecule has 0 fully saturated rings. The number of amides is 1. The van der Waals surface area contributed by atoms with Crippen LogP contribution in [0.4, 0.5) is 5.00 Å². The lowest BCUT2D eigenvalue weighted by Crippen LogP contribution is -2.23. The summed E-state index contributed by atoms with van der Waals surface area (Å²) in [7, 11) is 0. The lowest BCUT2D eigenvalue weighted by atomic mass is 9.90. The molecule has 0 bridgehead atoms. The standard InChI is InChI=1S/C27H29NO3S/c1-18(2)31-27(30)24-21-16-10-5-11-17-22(21)32-26(24)28-25(29)23(19-12-6-3-7-13-19)20-14-8-4-9-15-20/h3-4,6-9,12-15,18,23H,5,10-11,16-17H2,1-2H3,(H,28,29). The lowest BCUT2D eigenvalue weighted by Gasteiger charge is -2.18.